The van der Waals surface area contributed by atoms with Crippen molar-refractivity contribution < 1.29 is 14.3 Å². The summed E-state index contributed by atoms with van der Waals surface area (Å²) in [6.45, 7) is 0.715. The van der Waals surface area contributed by atoms with E-state index in [0.29, 0.717) is 45.7 Å². The van der Waals surface area contributed by atoms with Crippen molar-refractivity contribution in [1.29, 1.82) is 0 Å². The van der Waals surface area contributed by atoms with Crippen LogP contribution in [-0.2, 0) is 4.79 Å². The fourth-order valence-electron chi connectivity index (χ4n) is 3.16. The Morgan fingerprint density at radius 1 is 1.17 bits per heavy atom. The van der Waals surface area contributed by atoms with Crippen molar-refractivity contribution in [2.75, 3.05) is 26.5 Å². The molecule has 1 aromatic heterocycles. The summed E-state index contributed by atoms with van der Waals surface area (Å²) >= 11 is 1.24. The third-order valence-electron chi connectivity index (χ3n) is 4.99. The summed E-state index contributed by atoms with van der Waals surface area (Å²) in [5, 5.41) is 3.91. The molecule has 30 heavy (non-hydrogen) atoms. The van der Waals surface area contributed by atoms with Gasteiger partial charge in [-0.1, -0.05) is 23.9 Å². The summed E-state index contributed by atoms with van der Waals surface area (Å²) in [4.78, 5) is 30.2. The molecule has 3 aromatic rings. The van der Waals surface area contributed by atoms with Crippen molar-refractivity contribution in [2.24, 2.45) is 5.92 Å². The van der Waals surface area contributed by atoms with Crippen LogP contribution in [0.25, 0.3) is 16.6 Å². The summed E-state index contributed by atoms with van der Waals surface area (Å²) in [6, 6.07) is 12.4. The first kappa shape index (κ1) is 20.3. The number of rotatable bonds is 8. The molecule has 0 aliphatic heterocycles. The van der Waals surface area contributed by atoms with Gasteiger partial charge in [-0.05, 0) is 43.0 Å². The van der Waals surface area contributed by atoms with Gasteiger partial charge >= 0.3 is 0 Å². The monoisotopic (exact) mass is 425 g/mol. The molecule has 0 atom stereocenters. The van der Waals surface area contributed by atoms with E-state index < -0.39 is 0 Å². The number of carbonyl (C=O) groups is 1. The van der Waals surface area contributed by atoms with Gasteiger partial charge in [0.25, 0.3) is 5.56 Å². The number of para-hydroxylation sites is 1. The van der Waals surface area contributed by atoms with Crippen LogP contribution in [0.3, 0.4) is 0 Å². The summed E-state index contributed by atoms with van der Waals surface area (Å²) in [5.74, 6) is 1.81. The van der Waals surface area contributed by atoms with Gasteiger partial charge in [-0.15, -0.1) is 0 Å². The quantitative estimate of drug-likeness (QED) is 0.441. The first-order valence-electron chi connectivity index (χ1n) is 9.74. The Morgan fingerprint density at radius 3 is 2.67 bits per heavy atom. The normalized spacial score (nSPS) is 13.3. The van der Waals surface area contributed by atoms with Crippen molar-refractivity contribution in [3.8, 4) is 17.2 Å². The minimum absolute atomic E-state index is 0.0619. The fourth-order valence-corrected chi connectivity index (χ4v) is 4.00. The number of aromatic nitrogens is 2. The molecule has 0 radical (unpaired) electrons. The highest BCUT2D eigenvalue weighted by Crippen LogP contribution is 2.31. The minimum Gasteiger partial charge on any atom is -0.493 e. The average molecular weight is 426 g/mol. The number of nitrogens with one attached hydrogen (secondary N) is 1. The largest absolute Gasteiger partial charge is 0.493 e. The Kier molecular flexibility index (Phi) is 5.94. The smallest absolute Gasteiger partial charge is 0.266 e. The maximum absolute atomic E-state index is 13.3. The SMILES string of the molecule is COc1ccc(-n2c(SCC(=O)NCC3CC3)nc3ccccc3c2=O)cc1OC. The summed E-state index contributed by atoms with van der Waals surface area (Å²) in [7, 11) is 3.10. The second-order valence-electron chi connectivity index (χ2n) is 7.13. The van der Waals surface area contributed by atoms with E-state index in [1.807, 2.05) is 12.1 Å². The average Bonchev–Trinajstić information content (AvgIpc) is 3.60. The molecule has 1 amide bonds. The Labute approximate surface area is 178 Å². The molecule has 1 aliphatic rings. The molecule has 0 spiro atoms. The Bertz CT molecular complexity index is 1140. The van der Waals surface area contributed by atoms with E-state index in [2.05, 4.69) is 10.3 Å². The number of fused-ring (bicyclic) bond motifs is 1. The van der Waals surface area contributed by atoms with Gasteiger partial charge in [0, 0.05) is 12.6 Å². The van der Waals surface area contributed by atoms with Crippen molar-refractivity contribution in [3.05, 3.63) is 52.8 Å². The van der Waals surface area contributed by atoms with Crippen LogP contribution in [0.1, 0.15) is 12.8 Å². The highest BCUT2D eigenvalue weighted by Gasteiger charge is 2.22. The molecule has 8 heteroatoms. The first-order valence-corrected chi connectivity index (χ1v) is 10.7. The van der Waals surface area contributed by atoms with Crippen LogP contribution in [0, 0.1) is 5.92 Å². The standard InChI is InChI=1S/C22H23N3O4S/c1-28-18-10-9-15(11-19(18)29-2)25-21(27)16-5-3-4-6-17(16)24-22(25)30-13-20(26)23-12-14-7-8-14/h3-6,9-11,14H,7-8,12-13H2,1-2H3,(H,23,26). The van der Waals surface area contributed by atoms with Crippen LogP contribution >= 0.6 is 11.8 Å². The third-order valence-corrected chi connectivity index (χ3v) is 5.93. The van der Waals surface area contributed by atoms with Gasteiger partial charge in [-0.25, -0.2) is 4.98 Å². The van der Waals surface area contributed by atoms with E-state index in [-0.39, 0.29) is 17.2 Å². The molecule has 7 nitrogen and oxygen atoms in total. The maximum Gasteiger partial charge on any atom is 0.266 e. The lowest BCUT2D eigenvalue weighted by molar-refractivity contribution is -0.118. The maximum atomic E-state index is 13.3. The first-order chi connectivity index (χ1) is 14.6. The Hall–Kier alpha value is -3.00. The summed E-state index contributed by atoms with van der Waals surface area (Å²) in [5.41, 5.74) is 0.991. The molecule has 1 N–H and O–H groups in total. The van der Waals surface area contributed by atoms with Crippen LogP contribution in [-0.4, -0.2) is 42.0 Å². The van der Waals surface area contributed by atoms with E-state index in [9.17, 15) is 9.59 Å². The molecule has 0 bridgehead atoms. The van der Waals surface area contributed by atoms with E-state index in [1.54, 1.807) is 44.6 Å². The molecule has 1 saturated carbocycles. The van der Waals surface area contributed by atoms with Crippen LogP contribution in [0.15, 0.2) is 52.4 Å². The van der Waals surface area contributed by atoms with Gasteiger partial charge in [-0.3, -0.25) is 14.2 Å². The second kappa shape index (κ2) is 8.79. The van der Waals surface area contributed by atoms with Gasteiger partial charge < -0.3 is 14.8 Å². The van der Waals surface area contributed by atoms with E-state index >= 15 is 0 Å². The van der Waals surface area contributed by atoms with Crippen LogP contribution < -0.4 is 20.3 Å². The number of thioether (sulfide) groups is 1. The van der Waals surface area contributed by atoms with Crippen molar-refractivity contribution in [2.45, 2.75) is 18.0 Å². The molecule has 156 valence electrons. The van der Waals surface area contributed by atoms with Gasteiger partial charge in [0.2, 0.25) is 5.91 Å². The second-order valence-corrected chi connectivity index (χ2v) is 8.07. The van der Waals surface area contributed by atoms with E-state index in [4.69, 9.17) is 9.47 Å². The molecule has 0 unspecified atom stereocenters. The molecule has 1 fully saturated rings. The summed E-state index contributed by atoms with van der Waals surface area (Å²) in [6.07, 6.45) is 2.36. The van der Waals surface area contributed by atoms with Crippen molar-refractivity contribution >= 4 is 28.6 Å². The Balaban J connectivity index is 1.72. The predicted octanol–water partition coefficient (Wildman–Crippen LogP) is 3.02. The zero-order valence-electron chi connectivity index (χ0n) is 16.9. The number of ether oxygens (including phenoxy) is 2. The lowest BCUT2D eigenvalue weighted by Crippen LogP contribution is -2.28. The van der Waals surface area contributed by atoms with Crippen LogP contribution in [0.5, 0.6) is 11.5 Å². The van der Waals surface area contributed by atoms with Gasteiger partial charge in [-0.2, -0.15) is 0 Å². The van der Waals surface area contributed by atoms with Gasteiger partial charge in [0.05, 0.1) is 36.6 Å². The van der Waals surface area contributed by atoms with Crippen LogP contribution in [0.4, 0.5) is 0 Å². The molecule has 1 aliphatic carbocycles. The van der Waals surface area contributed by atoms with Crippen LogP contribution in [0.2, 0.25) is 0 Å². The molecule has 2 aromatic carbocycles. The number of amides is 1. The lowest BCUT2D eigenvalue weighted by atomic mass is 10.2. The lowest BCUT2D eigenvalue weighted by Gasteiger charge is -2.15. The highest BCUT2D eigenvalue weighted by atomic mass is 32.2. The molecular weight excluding hydrogens is 402 g/mol. The van der Waals surface area contributed by atoms with E-state index in [1.165, 1.54) is 29.2 Å². The number of nitrogens with zero attached hydrogens (tertiary/aromatic N) is 2. The summed E-state index contributed by atoms with van der Waals surface area (Å²) < 4.78 is 12.2. The van der Waals surface area contributed by atoms with Crippen molar-refractivity contribution in [3.63, 3.8) is 0 Å². The molecule has 0 saturated heterocycles. The highest BCUT2D eigenvalue weighted by molar-refractivity contribution is 7.99. The molecule has 1 heterocycles. The van der Waals surface area contributed by atoms with Crippen molar-refractivity contribution in [1.82, 2.24) is 14.9 Å². The van der Waals surface area contributed by atoms with Gasteiger partial charge in [0.1, 0.15) is 0 Å². The molecular formula is C22H23N3O4S. The number of hydrogen-bond acceptors (Lipinski definition) is 6. The number of methoxy groups -OCH3 is 2. The number of hydrogen-bond donors (Lipinski definition) is 1. The topological polar surface area (TPSA) is 82.5 Å². The van der Waals surface area contributed by atoms with E-state index in [0.717, 1.165) is 0 Å². The Morgan fingerprint density at radius 2 is 1.93 bits per heavy atom. The zero-order chi connectivity index (χ0) is 21.1. The number of carbonyl (C=O) groups excluding carboxylic acids is 1. The third kappa shape index (κ3) is 4.28. The predicted molar refractivity (Wildman–Crippen MR) is 117 cm³/mol. The zero-order valence-corrected chi connectivity index (χ0v) is 17.7. The fraction of sp³-hybridized carbons (Fsp3) is 0.318. The molecule has 4 rings (SSSR count). The number of benzene rings is 2. The van der Waals surface area contributed by atoms with Gasteiger partial charge in [0.15, 0.2) is 16.7 Å². The minimum atomic E-state index is -0.200.